The second-order valence-electron chi connectivity index (χ2n) is 8.67. The molecule has 0 aliphatic heterocycles. The monoisotopic (exact) mass is 515 g/mol. The number of para-hydroxylation sites is 1. The van der Waals surface area contributed by atoms with Gasteiger partial charge in [0.1, 0.15) is 18.0 Å². The highest BCUT2D eigenvalue weighted by molar-refractivity contribution is 9.10. The van der Waals surface area contributed by atoms with Gasteiger partial charge in [0.25, 0.3) is 0 Å². The van der Waals surface area contributed by atoms with E-state index in [1.54, 1.807) is 6.92 Å². The third-order valence-corrected chi connectivity index (χ3v) is 7.04. The summed E-state index contributed by atoms with van der Waals surface area (Å²) in [6.07, 6.45) is 0. The lowest BCUT2D eigenvalue weighted by Gasteiger charge is -2.18. The lowest BCUT2D eigenvalue weighted by atomic mass is 10.1. The molecule has 0 aliphatic carbocycles. The molecule has 0 bridgehead atoms. The van der Waals surface area contributed by atoms with Crippen LogP contribution in [0.15, 0.2) is 65.1 Å². The quantitative estimate of drug-likeness (QED) is 0.162. The Hall–Kier alpha value is -2.35. The maximum absolute atomic E-state index is 12.8. The minimum absolute atomic E-state index is 0.272. The molecule has 0 amide bonds. The van der Waals surface area contributed by atoms with E-state index < -0.39 is 14.0 Å². The molecule has 0 atom stereocenters. The number of carbonyl (C=O) groups excluding carboxylic acids is 1. The lowest BCUT2D eigenvalue weighted by molar-refractivity contribution is 0.0520. The molecule has 1 heterocycles. The number of benzene rings is 2. The van der Waals surface area contributed by atoms with E-state index in [1.807, 2.05) is 65.2 Å². The molecule has 0 unspecified atom stereocenters. The number of halogens is 1. The molecule has 0 N–H and O–H groups in total. The Labute approximate surface area is 199 Å². The van der Waals surface area contributed by atoms with Crippen molar-refractivity contribution in [2.75, 3.05) is 13.2 Å². The van der Waals surface area contributed by atoms with Crippen molar-refractivity contribution in [3.05, 3.63) is 70.7 Å². The zero-order chi connectivity index (χ0) is 23.1. The Bertz CT molecular complexity index is 1040. The molecule has 0 radical (unpaired) electrons. The van der Waals surface area contributed by atoms with Crippen LogP contribution in [0.1, 0.15) is 17.3 Å². The minimum atomic E-state index is -1.22. The number of esters is 1. The van der Waals surface area contributed by atoms with Crippen LogP contribution >= 0.6 is 15.9 Å². The fourth-order valence-corrected chi connectivity index (χ4v) is 4.30. The summed E-state index contributed by atoms with van der Waals surface area (Å²) in [5.41, 5.74) is 2.15. The Kier molecular flexibility index (Phi) is 8.34. The van der Waals surface area contributed by atoms with Gasteiger partial charge in [0.15, 0.2) is 0 Å². The number of hydrogen-bond acceptors (Lipinski definition) is 4. The summed E-state index contributed by atoms with van der Waals surface area (Å²) >= 11 is 3.54. The molecule has 3 rings (SSSR count). The van der Waals surface area contributed by atoms with Gasteiger partial charge in [0.2, 0.25) is 5.88 Å². The topological polar surface area (TPSA) is 49.7 Å². The maximum atomic E-state index is 12.8. The van der Waals surface area contributed by atoms with Crippen LogP contribution in [-0.2, 0) is 16.2 Å². The first kappa shape index (κ1) is 24.3. The predicted octanol–water partition coefficient (Wildman–Crippen LogP) is 7.20. The summed E-state index contributed by atoms with van der Waals surface area (Å²) in [7, 11) is -1.22. The van der Waals surface area contributed by atoms with E-state index >= 15 is 0 Å². The summed E-state index contributed by atoms with van der Waals surface area (Å²) in [6.45, 7) is 9.97. The Morgan fingerprint density at radius 2 is 1.78 bits per heavy atom. The second-order valence-corrected chi connectivity index (χ2v) is 15.2. The van der Waals surface area contributed by atoms with Gasteiger partial charge in [-0.15, -0.1) is 0 Å². The predicted molar refractivity (Wildman–Crippen MR) is 134 cm³/mol. The van der Waals surface area contributed by atoms with Gasteiger partial charge in [-0.3, -0.25) is 4.57 Å². The Morgan fingerprint density at radius 3 is 2.44 bits per heavy atom. The van der Waals surface area contributed by atoms with Gasteiger partial charge in [0, 0.05) is 19.2 Å². The number of ether oxygens (including phenoxy) is 3. The van der Waals surface area contributed by atoms with Crippen LogP contribution in [0.25, 0.3) is 11.3 Å². The first-order valence-electron chi connectivity index (χ1n) is 10.8. The zero-order valence-electron chi connectivity index (χ0n) is 19.1. The molecule has 7 heteroatoms. The second kappa shape index (κ2) is 11.0. The molecule has 0 fully saturated rings. The standard InChI is InChI=1S/C25H30BrNO4Si/c1-5-30-25(28)22-17-23(19-10-9-11-20(26)16-19)27(18-29-14-15-32(2,3)4)24(22)31-21-12-7-6-8-13-21/h6-13,16-17H,5,14-15,18H2,1-4H3. The molecular weight excluding hydrogens is 486 g/mol. The van der Waals surface area contributed by atoms with E-state index in [-0.39, 0.29) is 13.3 Å². The van der Waals surface area contributed by atoms with Crippen LogP contribution in [0.5, 0.6) is 11.6 Å². The molecule has 0 saturated heterocycles. The van der Waals surface area contributed by atoms with Crippen molar-refractivity contribution < 1.29 is 19.0 Å². The van der Waals surface area contributed by atoms with Crippen LogP contribution in [0.2, 0.25) is 25.7 Å². The maximum Gasteiger partial charge on any atom is 0.343 e. The summed E-state index contributed by atoms with van der Waals surface area (Å²) in [6, 6.07) is 20.2. The molecular formula is C25H30BrNO4Si. The van der Waals surface area contributed by atoms with E-state index in [0.717, 1.165) is 21.8 Å². The first-order valence-corrected chi connectivity index (χ1v) is 15.3. The average Bonchev–Trinajstić information content (AvgIpc) is 3.10. The van der Waals surface area contributed by atoms with Gasteiger partial charge in [-0.2, -0.15) is 0 Å². The SMILES string of the molecule is CCOC(=O)c1cc(-c2cccc(Br)c2)n(COCC[Si](C)(C)C)c1Oc1ccccc1. The summed E-state index contributed by atoms with van der Waals surface area (Å²) in [5, 5.41) is 0. The van der Waals surface area contributed by atoms with Gasteiger partial charge < -0.3 is 14.2 Å². The molecule has 5 nitrogen and oxygen atoms in total. The molecule has 0 spiro atoms. The van der Waals surface area contributed by atoms with Crippen molar-refractivity contribution in [2.24, 2.45) is 0 Å². The molecule has 1 aromatic heterocycles. The average molecular weight is 517 g/mol. The molecule has 32 heavy (non-hydrogen) atoms. The van der Waals surface area contributed by atoms with Gasteiger partial charge in [-0.1, -0.05) is 65.9 Å². The summed E-state index contributed by atoms with van der Waals surface area (Å²) in [5.74, 6) is 0.633. The van der Waals surface area contributed by atoms with Crippen LogP contribution < -0.4 is 4.74 Å². The normalized spacial score (nSPS) is 11.4. The zero-order valence-corrected chi connectivity index (χ0v) is 21.6. The molecule has 2 aromatic carbocycles. The highest BCUT2D eigenvalue weighted by Gasteiger charge is 2.25. The molecule has 0 saturated carbocycles. The van der Waals surface area contributed by atoms with E-state index in [0.29, 0.717) is 23.8 Å². The number of nitrogens with zero attached hydrogens (tertiary/aromatic N) is 1. The highest BCUT2D eigenvalue weighted by Crippen LogP contribution is 2.36. The third-order valence-electron chi connectivity index (χ3n) is 4.84. The Balaban J connectivity index is 2.05. The summed E-state index contributed by atoms with van der Waals surface area (Å²) in [4.78, 5) is 12.8. The van der Waals surface area contributed by atoms with Crippen molar-refractivity contribution in [3.8, 4) is 22.9 Å². The molecule has 3 aromatic rings. The number of carbonyl (C=O) groups is 1. The van der Waals surface area contributed by atoms with Crippen LogP contribution in [0.3, 0.4) is 0 Å². The molecule has 0 aliphatic rings. The van der Waals surface area contributed by atoms with E-state index in [4.69, 9.17) is 14.2 Å². The number of aromatic nitrogens is 1. The van der Waals surface area contributed by atoms with E-state index in [2.05, 4.69) is 35.6 Å². The fourth-order valence-electron chi connectivity index (χ4n) is 3.15. The lowest BCUT2D eigenvalue weighted by Crippen LogP contribution is -2.22. The van der Waals surface area contributed by atoms with E-state index in [1.165, 1.54) is 0 Å². The number of hydrogen-bond donors (Lipinski definition) is 0. The van der Waals surface area contributed by atoms with Gasteiger partial charge in [0.05, 0.1) is 12.3 Å². The first-order chi connectivity index (χ1) is 15.3. The van der Waals surface area contributed by atoms with Crippen molar-refractivity contribution in [1.29, 1.82) is 0 Å². The smallest absolute Gasteiger partial charge is 0.343 e. The van der Waals surface area contributed by atoms with Gasteiger partial charge in [-0.25, -0.2) is 4.79 Å². The fraction of sp³-hybridized carbons (Fsp3) is 0.320. The van der Waals surface area contributed by atoms with Crippen LogP contribution in [0.4, 0.5) is 0 Å². The molecule has 170 valence electrons. The highest BCUT2D eigenvalue weighted by atomic mass is 79.9. The Morgan fingerprint density at radius 1 is 1.03 bits per heavy atom. The van der Waals surface area contributed by atoms with Crippen molar-refractivity contribution >= 4 is 30.0 Å². The minimum Gasteiger partial charge on any atom is -0.462 e. The largest absolute Gasteiger partial charge is 0.462 e. The van der Waals surface area contributed by atoms with Gasteiger partial charge >= 0.3 is 5.97 Å². The number of rotatable bonds is 10. The van der Waals surface area contributed by atoms with Gasteiger partial charge in [-0.05, 0) is 48.9 Å². The van der Waals surface area contributed by atoms with E-state index in [9.17, 15) is 4.79 Å². The van der Waals surface area contributed by atoms with Crippen molar-refractivity contribution in [2.45, 2.75) is 39.3 Å². The van der Waals surface area contributed by atoms with Crippen molar-refractivity contribution in [3.63, 3.8) is 0 Å². The van der Waals surface area contributed by atoms with Crippen molar-refractivity contribution in [1.82, 2.24) is 4.57 Å². The van der Waals surface area contributed by atoms with Crippen LogP contribution in [0, 0.1) is 0 Å². The van der Waals surface area contributed by atoms with Crippen LogP contribution in [-0.4, -0.2) is 31.8 Å². The summed E-state index contributed by atoms with van der Waals surface area (Å²) < 4.78 is 20.5. The third kappa shape index (κ3) is 6.57.